The lowest BCUT2D eigenvalue weighted by Gasteiger charge is -2.30. The number of aromatic nitrogens is 2. The number of nitrogens with one attached hydrogen (secondary N) is 1. The summed E-state index contributed by atoms with van der Waals surface area (Å²) in [6.45, 7) is 1.68. The molecular formula is C11H18ClN3O. The zero-order valence-corrected chi connectivity index (χ0v) is 10.5. The van der Waals surface area contributed by atoms with Crippen LogP contribution in [0.25, 0.3) is 0 Å². The van der Waals surface area contributed by atoms with Crippen molar-refractivity contribution < 1.29 is 4.74 Å². The van der Waals surface area contributed by atoms with E-state index in [0.29, 0.717) is 5.92 Å². The molecule has 0 bridgehead atoms. The van der Waals surface area contributed by atoms with Gasteiger partial charge in [0.2, 0.25) is 0 Å². The first-order valence-electron chi connectivity index (χ1n) is 5.66. The molecule has 1 aromatic rings. The van der Waals surface area contributed by atoms with Crippen LogP contribution in [0.2, 0.25) is 5.02 Å². The number of ether oxygens (including phenoxy) is 1. The minimum absolute atomic E-state index is 0.222. The number of rotatable bonds is 3. The molecule has 1 aliphatic heterocycles. The smallest absolute Gasteiger partial charge is 0.0834 e. The van der Waals surface area contributed by atoms with Crippen molar-refractivity contribution in [2.24, 2.45) is 13.0 Å². The fourth-order valence-electron chi connectivity index (χ4n) is 2.39. The van der Waals surface area contributed by atoms with Crippen molar-refractivity contribution in [1.29, 1.82) is 0 Å². The molecule has 1 N–H and O–H groups in total. The van der Waals surface area contributed by atoms with Gasteiger partial charge in [-0.05, 0) is 19.9 Å². The van der Waals surface area contributed by atoms with Crippen LogP contribution in [0.4, 0.5) is 0 Å². The van der Waals surface area contributed by atoms with Gasteiger partial charge in [0.05, 0.1) is 29.6 Å². The van der Waals surface area contributed by atoms with Crippen LogP contribution in [0.1, 0.15) is 24.6 Å². The quantitative estimate of drug-likeness (QED) is 0.880. The fourth-order valence-corrected chi connectivity index (χ4v) is 2.68. The van der Waals surface area contributed by atoms with Gasteiger partial charge >= 0.3 is 0 Å². The van der Waals surface area contributed by atoms with Gasteiger partial charge in [-0.1, -0.05) is 11.6 Å². The van der Waals surface area contributed by atoms with Crippen LogP contribution in [-0.2, 0) is 11.8 Å². The highest BCUT2D eigenvalue weighted by Gasteiger charge is 2.28. The van der Waals surface area contributed by atoms with Crippen molar-refractivity contribution in [3.8, 4) is 0 Å². The Kier molecular flexibility index (Phi) is 3.84. The van der Waals surface area contributed by atoms with Gasteiger partial charge in [-0.15, -0.1) is 0 Å². The van der Waals surface area contributed by atoms with E-state index in [4.69, 9.17) is 16.3 Å². The van der Waals surface area contributed by atoms with Crippen molar-refractivity contribution in [3.63, 3.8) is 0 Å². The van der Waals surface area contributed by atoms with E-state index in [-0.39, 0.29) is 6.04 Å². The van der Waals surface area contributed by atoms with Gasteiger partial charge in [-0.25, -0.2) is 0 Å². The molecular weight excluding hydrogens is 226 g/mol. The van der Waals surface area contributed by atoms with Crippen LogP contribution in [0.15, 0.2) is 6.20 Å². The number of hydrogen-bond acceptors (Lipinski definition) is 3. The van der Waals surface area contributed by atoms with Crippen LogP contribution >= 0.6 is 11.6 Å². The van der Waals surface area contributed by atoms with Crippen molar-refractivity contribution in [2.75, 3.05) is 20.3 Å². The number of aryl methyl sites for hydroxylation is 1. The lowest BCUT2D eigenvalue weighted by Crippen LogP contribution is -2.32. The first-order chi connectivity index (χ1) is 7.74. The van der Waals surface area contributed by atoms with Crippen LogP contribution in [0.5, 0.6) is 0 Å². The van der Waals surface area contributed by atoms with Gasteiger partial charge in [0.25, 0.3) is 0 Å². The lowest BCUT2D eigenvalue weighted by molar-refractivity contribution is 0.0390. The Morgan fingerprint density at radius 3 is 3.00 bits per heavy atom. The Labute approximate surface area is 101 Å². The summed E-state index contributed by atoms with van der Waals surface area (Å²) in [7, 11) is 3.89. The van der Waals surface area contributed by atoms with E-state index < -0.39 is 0 Å². The molecule has 0 aliphatic carbocycles. The third kappa shape index (κ3) is 2.24. The second-order valence-electron chi connectivity index (χ2n) is 4.24. The van der Waals surface area contributed by atoms with Crippen LogP contribution in [-0.4, -0.2) is 30.0 Å². The fraction of sp³-hybridized carbons (Fsp3) is 0.727. The van der Waals surface area contributed by atoms with Crippen LogP contribution in [0, 0.1) is 5.92 Å². The molecule has 0 spiro atoms. The molecule has 4 nitrogen and oxygen atoms in total. The number of halogens is 1. The van der Waals surface area contributed by atoms with Crippen molar-refractivity contribution in [3.05, 3.63) is 16.9 Å². The molecule has 0 aromatic carbocycles. The second-order valence-corrected chi connectivity index (χ2v) is 4.65. The van der Waals surface area contributed by atoms with E-state index >= 15 is 0 Å². The Balaban J connectivity index is 2.21. The Hall–Kier alpha value is -0.580. The maximum atomic E-state index is 6.17. The highest BCUT2D eigenvalue weighted by atomic mass is 35.5. The maximum absolute atomic E-state index is 6.17. The Morgan fingerprint density at radius 2 is 2.50 bits per heavy atom. The zero-order valence-electron chi connectivity index (χ0n) is 9.74. The van der Waals surface area contributed by atoms with Gasteiger partial charge in [0.1, 0.15) is 0 Å². The summed E-state index contributed by atoms with van der Waals surface area (Å²) in [5, 5.41) is 8.24. The summed E-state index contributed by atoms with van der Waals surface area (Å²) >= 11 is 6.17. The van der Waals surface area contributed by atoms with Crippen molar-refractivity contribution >= 4 is 11.6 Å². The summed E-state index contributed by atoms with van der Waals surface area (Å²) in [6, 6.07) is 0.222. The Bertz CT molecular complexity index is 327. The third-order valence-corrected chi connectivity index (χ3v) is 3.50. The predicted molar refractivity (Wildman–Crippen MR) is 63.6 cm³/mol. The standard InChI is InChI=1S/C11H18ClN3O/c1-13-10(8-4-3-5-16-7-8)11-9(12)6-14-15(11)2/h6,8,10,13H,3-5,7H2,1-2H3. The molecule has 1 aliphatic rings. The molecule has 1 aromatic heterocycles. The van der Waals surface area contributed by atoms with E-state index in [1.54, 1.807) is 6.20 Å². The molecule has 0 amide bonds. The molecule has 2 unspecified atom stereocenters. The average Bonchev–Trinajstić information content (AvgIpc) is 2.63. The van der Waals surface area contributed by atoms with E-state index in [1.165, 1.54) is 6.42 Å². The predicted octanol–water partition coefficient (Wildman–Crippen LogP) is 1.76. The van der Waals surface area contributed by atoms with E-state index in [1.807, 2.05) is 18.8 Å². The van der Waals surface area contributed by atoms with E-state index in [0.717, 1.165) is 30.4 Å². The molecule has 0 radical (unpaired) electrons. The molecule has 2 rings (SSSR count). The molecule has 5 heteroatoms. The summed E-state index contributed by atoms with van der Waals surface area (Å²) in [5.74, 6) is 0.478. The summed E-state index contributed by atoms with van der Waals surface area (Å²) in [4.78, 5) is 0. The molecule has 2 heterocycles. The molecule has 0 saturated carbocycles. The summed E-state index contributed by atoms with van der Waals surface area (Å²) in [5.41, 5.74) is 1.06. The van der Waals surface area contributed by atoms with E-state index in [2.05, 4.69) is 10.4 Å². The molecule has 1 saturated heterocycles. The van der Waals surface area contributed by atoms with Crippen molar-refractivity contribution in [2.45, 2.75) is 18.9 Å². The molecule has 16 heavy (non-hydrogen) atoms. The summed E-state index contributed by atoms with van der Waals surface area (Å²) < 4.78 is 7.38. The van der Waals surface area contributed by atoms with Crippen LogP contribution in [0.3, 0.4) is 0 Å². The van der Waals surface area contributed by atoms with Gasteiger partial charge in [0.15, 0.2) is 0 Å². The van der Waals surface area contributed by atoms with Gasteiger partial charge in [0, 0.05) is 19.6 Å². The zero-order chi connectivity index (χ0) is 11.5. The number of nitrogens with zero attached hydrogens (tertiary/aromatic N) is 2. The normalized spacial score (nSPS) is 23.3. The van der Waals surface area contributed by atoms with Crippen molar-refractivity contribution in [1.82, 2.24) is 15.1 Å². The molecule has 2 atom stereocenters. The highest BCUT2D eigenvalue weighted by Crippen LogP contribution is 2.32. The maximum Gasteiger partial charge on any atom is 0.0834 e. The minimum Gasteiger partial charge on any atom is -0.381 e. The van der Waals surface area contributed by atoms with Gasteiger partial charge in [-0.2, -0.15) is 5.10 Å². The largest absolute Gasteiger partial charge is 0.381 e. The average molecular weight is 244 g/mol. The second kappa shape index (κ2) is 5.17. The lowest BCUT2D eigenvalue weighted by atomic mass is 9.91. The third-order valence-electron chi connectivity index (χ3n) is 3.21. The topological polar surface area (TPSA) is 39.1 Å². The Morgan fingerprint density at radius 1 is 1.69 bits per heavy atom. The molecule has 1 fully saturated rings. The summed E-state index contributed by atoms with van der Waals surface area (Å²) in [6.07, 6.45) is 4.00. The monoisotopic (exact) mass is 243 g/mol. The van der Waals surface area contributed by atoms with Gasteiger partial charge < -0.3 is 10.1 Å². The first-order valence-corrected chi connectivity index (χ1v) is 6.04. The minimum atomic E-state index is 0.222. The SMILES string of the molecule is CNC(c1c(Cl)cnn1C)C1CCCOC1. The van der Waals surface area contributed by atoms with Crippen LogP contribution < -0.4 is 5.32 Å². The number of hydrogen-bond donors (Lipinski definition) is 1. The van der Waals surface area contributed by atoms with E-state index in [9.17, 15) is 0 Å². The van der Waals surface area contributed by atoms with Gasteiger partial charge in [-0.3, -0.25) is 4.68 Å². The highest BCUT2D eigenvalue weighted by molar-refractivity contribution is 6.31. The first kappa shape index (κ1) is 11.9. The molecule has 90 valence electrons.